The smallest absolute Gasteiger partial charge is 0.263 e. The maximum Gasteiger partial charge on any atom is 0.263 e. The van der Waals surface area contributed by atoms with E-state index < -0.39 is 6.86 Å². The number of hydrogen-bond acceptors (Lipinski definition) is 6. The lowest BCUT2D eigenvalue weighted by molar-refractivity contribution is -0.126. The van der Waals surface area contributed by atoms with Crippen molar-refractivity contribution in [1.82, 2.24) is 14.9 Å². The van der Waals surface area contributed by atoms with Gasteiger partial charge in [0.1, 0.15) is 11.5 Å². The van der Waals surface area contributed by atoms with Crippen molar-refractivity contribution in [1.29, 1.82) is 0 Å². The highest BCUT2D eigenvalue weighted by molar-refractivity contribution is 5.87. The third-order valence-electron chi connectivity index (χ3n) is 3.97. The fraction of sp³-hybridized carbons (Fsp3) is 0.278. The molecule has 1 aromatic carbocycles. The van der Waals surface area contributed by atoms with Gasteiger partial charge in [-0.15, -0.1) is 0 Å². The molecule has 1 saturated heterocycles. The number of carbonyl (C=O) groups is 1. The van der Waals surface area contributed by atoms with Gasteiger partial charge in [0.05, 0.1) is 0 Å². The second-order valence-electron chi connectivity index (χ2n) is 5.53. The van der Waals surface area contributed by atoms with E-state index in [1.807, 2.05) is 4.90 Å². The van der Waals surface area contributed by atoms with Crippen LogP contribution < -0.4 is 14.4 Å². The first kappa shape index (κ1) is 17.7. The molecule has 1 aliphatic heterocycles. The average molecular weight is 358 g/mol. The molecule has 0 atom stereocenters. The molecule has 3 rings (SSSR count). The van der Waals surface area contributed by atoms with Gasteiger partial charge >= 0.3 is 0 Å². The number of aromatic nitrogens is 2. The van der Waals surface area contributed by atoms with Crippen molar-refractivity contribution >= 4 is 11.7 Å². The number of hydrogen-bond donors (Lipinski definition) is 0. The van der Waals surface area contributed by atoms with E-state index in [2.05, 4.69) is 16.5 Å². The molecule has 8 heteroatoms. The van der Waals surface area contributed by atoms with Crippen LogP contribution in [0.25, 0.3) is 0 Å². The van der Waals surface area contributed by atoms with E-state index in [1.54, 1.807) is 41.6 Å². The molecule has 0 spiro atoms. The molecular weight excluding hydrogens is 339 g/mol. The number of anilines is 1. The molecule has 26 heavy (non-hydrogen) atoms. The van der Waals surface area contributed by atoms with Crippen molar-refractivity contribution in [2.75, 3.05) is 37.9 Å². The first-order chi connectivity index (χ1) is 12.7. The minimum Gasteiger partial charge on any atom is -0.463 e. The molecule has 0 N–H and O–H groups in total. The minimum atomic E-state index is -0.880. The molecule has 0 radical (unpaired) electrons. The van der Waals surface area contributed by atoms with Gasteiger partial charge in [0.25, 0.3) is 5.88 Å². The molecule has 136 valence electrons. The van der Waals surface area contributed by atoms with Crippen LogP contribution >= 0.6 is 0 Å². The van der Waals surface area contributed by atoms with Crippen LogP contribution in [0.4, 0.5) is 10.2 Å². The number of alkyl halides is 1. The number of nitrogens with zero attached hydrogens (tertiary/aromatic N) is 4. The molecule has 7 nitrogen and oxygen atoms in total. The van der Waals surface area contributed by atoms with Crippen LogP contribution in [0.3, 0.4) is 0 Å². The predicted molar refractivity (Wildman–Crippen MR) is 94.1 cm³/mol. The summed E-state index contributed by atoms with van der Waals surface area (Å²) < 4.78 is 22.8. The van der Waals surface area contributed by atoms with Gasteiger partial charge in [-0.3, -0.25) is 4.79 Å². The molecule has 1 amide bonds. The molecule has 1 fully saturated rings. The van der Waals surface area contributed by atoms with E-state index in [0.717, 1.165) is 0 Å². The number of carbonyl (C=O) groups excluding carboxylic acids is 1. The van der Waals surface area contributed by atoms with E-state index in [4.69, 9.17) is 9.47 Å². The zero-order chi connectivity index (χ0) is 18.4. The highest BCUT2D eigenvalue weighted by Crippen LogP contribution is 2.29. The maximum absolute atomic E-state index is 12.2. The van der Waals surface area contributed by atoms with Gasteiger partial charge in [0.2, 0.25) is 12.8 Å². The molecule has 0 unspecified atom stereocenters. The third kappa shape index (κ3) is 4.08. The van der Waals surface area contributed by atoms with E-state index in [-0.39, 0.29) is 5.91 Å². The van der Waals surface area contributed by atoms with Crippen molar-refractivity contribution < 1.29 is 18.7 Å². The van der Waals surface area contributed by atoms with Crippen molar-refractivity contribution in [3.8, 4) is 17.4 Å². The fourth-order valence-corrected chi connectivity index (χ4v) is 2.65. The number of halogens is 1. The summed E-state index contributed by atoms with van der Waals surface area (Å²) in [7, 11) is 0. The normalized spacial score (nSPS) is 14.0. The lowest BCUT2D eigenvalue weighted by atomic mass is 10.3. The number of piperazine rings is 1. The van der Waals surface area contributed by atoms with Gasteiger partial charge in [0, 0.05) is 38.6 Å². The Kier molecular flexibility index (Phi) is 5.62. The number of benzene rings is 1. The highest BCUT2D eigenvalue weighted by Gasteiger charge is 2.23. The lowest BCUT2D eigenvalue weighted by Crippen LogP contribution is -2.48. The first-order valence-corrected chi connectivity index (χ1v) is 8.15. The highest BCUT2D eigenvalue weighted by atomic mass is 19.1. The average Bonchev–Trinajstić information content (AvgIpc) is 2.70. The minimum absolute atomic E-state index is 0.0733. The molecule has 0 saturated carbocycles. The predicted octanol–water partition coefficient (Wildman–Crippen LogP) is 2.41. The largest absolute Gasteiger partial charge is 0.463 e. The van der Waals surface area contributed by atoms with Gasteiger partial charge in [-0.2, -0.15) is 0 Å². The lowest BCUT2D eigenvalue weighted by Gasteiger charge is -2.35. The van der Waals surface area contributed by atoms with Crippen LogP contribution in [0.2, 0.25) is 0 Å². The van der Waals surface area contributed by atoms with E-state index in [9.17, 15) is 9.18 Å². The fourth-order valence-electron chi connectivity index (χ4n) is 2.65. The molecule has 2 aromatic rings. The monoisotopic (exact) mass is 358 g/mol. The molecular formula is C18H19FN4O3. The molecule has 2 heterocycles. The second kappa shape index (κ2) is 8.28. The first-order valence-electron chi connectivity index (χ1n) is 8.15. The summed E-state index contributed by atoms with van der Waals surface area (Å²) in [5, 5.41) is 0. The van der Waals surface area contributed by atoms with Crippen LogP contribution in [0, 0.1) is 0 Å². The summed E-state index contributed by atoms with van der Waals surface area (Å²) >= 11 is 0. The van der Waals surface area contributed by atoms with Crippen molar-refractivity contribution in [3.63, 3.8) is 0 Å². The van der Waals surface area contributed by atoms with E-state index in [1.165, 1.54) is 6.08 Å². The molecule has 0 bridgehead atoms. The number of ether oxygens (including phenoxy) is 2. The van der Waals surface area contributed by atoms with Crippen LogP contribution in [0.1, 0.15) is 0 Å². The summed E-state index contributed by atoms with van der Waals surface area (Å²) in [4.78, 5) is 24.1. The zero-order valence-corrected chi connectivity index (χ0v) is 14.2. The molecule has 0 aliphatic carbocycles. The standard InChI is InChI=1S/C18H19FN4O3/c1-2-16(24)22-9-11-23(12-10-22)17-18(21-8-7-20-17)26-15-5-3-14(4-6-15)25-13-19/h2-8H,1,9-13H2. The van der Waals surface area contributed by atoms with Crippen LogP contribution in [0.5, 0.6) is 17.4 Å². The van der Waals surface area contributed by atoms with Crippen molar-refractivity contribution in [3.05, 3.63) is 49.3 Å². The van der Waals surface area contributed by atoms with Gasteiger partial charge in [-0.25, -0.2) is 14.4 Å². The van der Waals surface area contributed by atoms with Gasteiger partial charge in [-0.1, -0.05) is 6.58 Å². The maximum atomic E-state index is 12.2. The molecule has 1 aromatic heterocycles. The Labute approximate surface area is 150 Å². The van der Waals surface area contributed by atoms with Crippen LogP contribution in [-0.2, 0) is 4.79 Å². The number of amides is 1. The topological polar surface area (TPSA) is 67.8 Å². The Morgan fingerprint density at radius 3 is 2.42 bits per heavy atom. The summed E-state index contributed by atoms with van der Waals surface area (Å²) in [6, 6.07) is 6.57. The van der Waals surface area contributed by atoms with Gasteiger partial charge < -0.3 is 19.3 Å². The summed E-state index contributed by atoms with van der Waals surface area (Å²) in [6.45, 7) is 5.04. The SMILES string of the molecule is C=CC(=O)N1CCN(c2nccnc2Oc2ccc(OCF)cc2)CC1. The Hall–Kier alpha value is -3.16. The summed E-state index contributed by atoms with van der Waals surface area (Å²) in [5.41, 5.74) is 0. The zero-order valence-electron chi connectivity index (χ0n) is 14.2. The van der Waals surface area contributed by atoms with Crippen LogP contribution in [0.15, 0.2) is 49.3 Å². The second-order valence-corrected chi connectivity index (χ2v) is 5.53. The van der Waals surface area contributed by atoms with Gasteiger partial charge in [-0.05, 0) is 30.3 Å². The summed E-state index contributed by atoms with van der Waals surface area (Å²) in [5.74, 6) is 1.87. The quantitative estimate of drug-likeness (QED) is 0.739. The van der Waals surface area contributed by atoms with Gasteiger partial charge in [0.15, 0.2) is 5.82 Å². The Morgan fingerprint density at radius 2 is 1.77 bits per heavy atom. The Bertz CT molecular complexity index is 761. The van der Waals surface area contributed by atoms with Crippen LogP contribution in [-0.4, -0.2) is 53.8 Å². The Morgan fingerprint density at radius 1 is 1.12 bits per heavy atom. The Balaban J connectivity index is 1.70. The molecule has 1 aliphatic rings. The summed E-state index contributed by atoms with van der Waals surface area (Å²) in [6.07, 6.45) is 4.47. The van der Waals surface area contributed by atoms with E-state index in [0.29, 0.717) is 49.4 Å². The van der Waals surface area contributed by atoms with Crippen molar-refractivity contribution in [2.24, 2.45) is 0 Å². The third-order valence-corrected chi connectivity index (χ3v) is 3.97. The van der Waals surface area contributed by atoms with Crippen molar-refractivity contribution in [2.45, 2.75) is 0 Å². The van der Waals surface area contributed by atoms with E-state index >= 15 is 0 Å². The number of rotatable bonds is 6.